The Morgan fingerprint density at radius 3 is 2.76 bits per heavy atom. The minimum atomic E-state index is -0.543. The van der Waals surface area contributed by atoms with E-state index in [0.717, 1.165) is 24.1 Å². The number of amides is 1. The number of pyridine rings is 1. The number of carbonyl (C=O) groups excluding carboxylic acids is 1. The molecule has 0 saturated carbocycles. The Kier molecular flexibility index (Phi) is 5.68. The van der Waals surface area contributed by atoms with Gasteiger partial charge in [0.2, 0.25) is 0 Å². The van der Waals surface area contributed by atoms with Gasteiger partial charge in [0.05, 0.1) is 23.8 Å². The monoisotopic (exact) mass is 495 g/mol. The molecule has 0 unspecified atom stereocenters. The molecular weight excluding hydrogens is 473 g/mol. The van der Waals surface area contributed by atoms with Crippen molar-refractivity contribution in [2.24, 2.45) is 0 Å². The molecule has 184 valence electrons. The van der Waals surface area contributed by atoms with Crippen LogP contribution in [0, 0.1) is 5.82 Å². The van der Waals surface area contributed by atoms with Crippen molar-refractivity contribution in [3.05, 3.63) is 90.0 Å². The van der Waals surface area contributed by atoms with Crippen LogP contribution in [0.4, 0.5) is 20.7 Å². The summed E-state index contributed by atoms with van der Waals surface area (Å²) in [5, 5.41) is 5.30. The van der Waals surface area contributed by atoms with Gasteiger partial charge in [0.1, 0.15) is 11.5 Å². The van der Waals surface area contributed by atoms with E-state index in [1.807, 2.05) is 30.3 Å². The van der Waals surface area contributed by atoms with Crippen LogP contribution in [0.1, 0.15) is 17.5 Å². The first-order valence-electron chi connectivity index (χ1n) is 11.8. The standard InChI is InChI=1S/C27H22FN7O2/c28-20-11-3-1-8-18(20)16-35-26-19(10-5-13-30-26)23(33-35)25-31-15-22(24(29)32-25)37-27(36)34-14-6-9-17-7-2-4-12-21(17)34/h1-5,7-8,10-13,15H,6,9,14,16H2,(H2,29,31,32). The highest BCUT2D eigenvalue weighted by Gasteiger charge is 2.25. The fourth-order valence-electron chi connectivity index (χ4n) is 4.52. The van der Waals surface area contributed by atoms with Crippen LogP contribution < -0.4 is 15.4 Å². The topological polar surface area (TPSA) is 112 Å². The lowest BCUT2D eigenvalue weighted by Gasteiger charge is -2.28. The molecule has 2 aromatic carbocycles. The average Bonchev–Trinajstić information content (AvgIpc) is 3.29. The Morgan fingerprint density at radius 2 is 1.89 bits per heavy atom. The van der Waals surface area contributed by atoms with Crippen LogP contribution in [0.25, 0.3) is 22.6 Å². The van der Waals surface area contributed by atoms with Gasteiger partial charge in [-0.05, 0) is 42.7 Å². The van der Waals surface area contributed by atoms with Gasteiger partial charge in [-0.2, -0.15) is 5.10 Å². The van der Waals surface area contributed by atoms with E-state index in [2.05, 4.69) is 20.1 Å². The highest BCUT2D eigenvalue weighted by atomic mass is 19.1. The van der Waals surface area contributed by atoms with Gasteiger partial charge < -0.3 is 10.5 Å². The Balaban J connectivity index is 1.29. The molecule has 1 aliphatic rings. The molecule has 10 heteroatoms. The number of carbonyl (C=O) groups is 1. The number of rotatable bonds is 4. The third-order valence-corrected chi connectivity index (χ3v) is 6.31. The predicted octanol–water partition coefficient (Wildman–Crippen LogP) is 4.61. The molecule has 9 nitrogen and oxygen atoms in total. The average molecular weight is 496 g/mol. The summed E-state index contributed by atoms with van der Waals surface area (Å²) < 4.78 is 21.5. The summed E-state index contributed by atoms with van der Waals surface area (Å²) >= 11 is 0. The van der Waals surface area contributed by atoms with Crippen LogP contribution >= 0.6 is 0 Å². The molecule has 1 amide bonds. The molecule has 1 aliphatic heterocycles. The molecule has 2 N–H and O–H groups in total. The van der Waals surface area contributed by atoms with E-state index < -0.39 is 6.09 Å². The highest BCUT2D eigenvalue weighted by Crippen LogP contribution is 2.30. The van der Waals surface area contributed by atoms with E-state index in [-0.39, 0.29) is 29.8 Å². The van der Waals surface area contributed by atoms with E-state index in [9.17, 15) is 9.18 Å². The molecule has 0 fully saturated rings. The Bertz CT molecular complexity index is 1630. The number of ether oxygens (including phenoxy) is 1. The number of hydrogen-bond acceptors (Lipinski definition) is 7. The van der Waals surface area contributed by atoms with Crippen LogP contribution in [0.2, 0.25) is 0 Å². The smallest absolute Gasteiger partial charge is 0.404 e. The number of halogens is 1. The zero-order valence-corrected chi connectivity index (χ0v) is 19.7. The number of anilines is 2. The van der Waals surface area contributed by atoms with Crippen LogP contribution in [-0.2, 0) is 13.0 Å². The molecule has 0 saturated heterocycles. The molecule has 3 aromatic heterocycles. The maximum atomic E-state index is 14.3. The number of aryl methyl sites for hydroxylation is 1. The Morgan fingerprint density at radius 1 is 1.05 bits per heavy atom. The third-order valence-electron chi connectivity index (χ3n) is 6.31. The van der Waals surface area contributed by atoms with Gasteiger partial charge in [-0.25, -0.2) is 28.8 Å². The second-order valence-corrected chi connectivity index (χ2v) is 8.67. The number of fused-ring (bicyclic) bond motifs is 2. The van der Waals surface area contributed by atoms with Crippen LogP contribution in [-0.4, -0.2) is 37.4 Å². The lowest BCUT2D eigenvalue weighted by atomic mass is 10.0. The van der Waals surface area contributed by atoms with Crippen LogP contribution in [0.5, 0.6) is 5.75 Å². The number of hydrogen-bond donors (Lipinski definition) is 1. The minimum Gasteiger partial charge on any atom is -0.404 e. The maximum absolute atomic E-state index is 14.3. The summed E-state index contributed by atoms with van der Waals surface area (Å²) in [7, 11) is 0. The molecule has 5 aromatic rings. The summed E-state index contributed by atoms with van der Waals surface area (Å²) in [5.41, 5.74) is 9.58. The predicted molar refractivity (Wildman–Crippen MR) is 137 cm³/mol. The van der Waals surface area contributed by atoms with Gasteiger partial charge in [-0.15, -0.1) is 0 Å². The number of para-hydroxylation sites is 1. The van der Waals surface area contributed by atoms with E-state index >= 15 is 0 Å². The van der Waals surface area contributed by atoms with E-state index in [1.165, 1.54) is 12.3 Å². The van der Waals surface area contributed by atoms with E-state index in [1.54, 1.807) is 40.0 Å². The fourth-order valence-corrected chi connectivity index (χ4v) is 4.52. The van der Waals surface area contributed by atoms with E-state index in [4.69, 9.17) is 10.5 Å². The van der Waals surface area contributed by atoms with Crippen molar-refractivity contribution in [2.45, 2.75) is 19.4 Å². The van der Waals surface area contributed by atoms with Gasteiger partial charge >= 0.3 is 6.09 Å². The molecule has 0 aliphatic carbocycles. The van der Waals surface area contributed by atoms with E-state index in [0.29, 0.717) is 28.8 Å². The SMILES string of the molecule is Nc1nc(-c2nn(Cc3ccccc3F)c3ncccc23)ncc1OC(=O)N1CCCc2ccccc21. The number of aromatic nitrogens is 5. The van der Waals surface area contributed by atoms with Gasteiger partial charge in [0.25, 0.3) is 0 Å². The van der Waals surface area contributed by atoms with Crippen molar-refractivity contribution >= 4 is 28.6 Å². The largest absolute Gasteiger partial charge is 0.419 e. The Labute approximate surface area is 211 Å². The van der Waals surface area contributed by atoms with Crippen molar-refractivity contribution in [3.63, 3.8) is 0 Å². The summed E-state index contributed by atoms with van der Waals surface area (Å²) in [5.74, 6) is -0.0214. The van der Waals surface area contributed by atoms with Gasteiger partial charge in [-0.3, -0.25) is 4.90 Å². The first-order chi connectivity index (χ1) is 18.1. The molecule has 0 bridgehead atoms. The number of nitrogen functional groups attached to an aromatic ring is 1. The summed E-state index contributed by atoms with van der Waals surface area (Å²) in [6, 6.07) is 17.9. The molecule has 6 rings (SSSR count). The van der Waals surface area contributed by atoms with Crippen molar-refractivity contribution < 1.29 is 13.9 Å². The quantitative estimate of drug-likeness (QED) is 0.387. The molecule has 4 heterocycles. The zero-order valence-electron chi connectivity index (χ0n) is 19.7. The summed E-state index contributed by atoms with van der Waals surface area (Å²) in [6.07, 6.45) is 4.21. The molecule has 0 spiro atoms. The fraction of sp³-hybridized carbons (Fsp3) is 0.148. The maximum Gasteiger partial charge on any atom is 0.419 e. The van der Waals surface area contributed by atoms with Crippen LogP contribution in [0.15, 0.2) is 73.1 Å². The number of nitrogens with two attached hydrogens (primary N) is 1. The minimum absolute atomic E-state index is 0.00402. The third kappa shape index (κ3) is 4.22. The van der Waals surface area contributed by atoms with Gasteiger partial charge in [0.15, 0.2) is 23.0 Å². The Hall–Kier alpha value is -4.86. The second-order valence-electron chi connectivity index (χ2n) is 8.67. The molecule has 0 radical (unpaired) electrons. The summed E-state index contributed by atoms with van der Waals surface area (Å²) in [6.45, 7) is 0.732. The van der Waals surface area contributed by atoms with Gasteiger partial charge in [0, 0.05) is 18.3 Å². The van der Waals surface area contributed by atoms with Crippen molar-refractivity contribution in [3.8, 4) is 17.3 Å². The molecule has 37 heavy (non-hydrogen) atoms. The first kappa shape index (κ1) is 22.6. The van der Waals surface area contributed by atoms with Crippen LogP contribution in [0.3, 0.4) is 0 Å². The first-order valence-corrected chi connectivity index (χ1v) is 11.8. The number of benzene rings is 2. The normalized spacial score (nSPS) is 12.9. The highest BCUT2D eigenvalue weighted by molar-refractivity contribution is 5.92. The summed E-state index contributed by atoms with van der Waals surface area (Å²) in [4.78, 5) is 27.7. The van der Waals surface area contributed by atoms with Gasteiger partial charge in [-0.1, -0.05) is 36.4 Å². The lowest BCUT2D eigenvalue weighted by Crippen LogP contribution is -2.37. The molecule has 0 atom stereocenters. The number of nitrogens with zero attached hydrogens (tertiary/aromatic N) is 6. The van der Waals surface area contributed by atoms with Crippen molar-refractivity contribution in [1.29, 1.82) is 0 Å². The van der Waals surface area contributed by atoms with Crippen molar-refractivity contribution in [2.75, 3.05) is 17.2 Å². The molecular formula is C27H22FN7O2. The lowest BCUT2D eigenvalue weighted by molar-refractivity contribution is 0.207. The van der Waals surface area contributed by atoms with Crippen molar-refractivity contribution in [1.82, 2.24) is 24.7 Å². The second kappa shape index (κ2) is 9.30. The zero-order chi connectivity index (χ0) is 25.4.